The number of ether oxygens (including phenoxy) is 1. The number of azo groups is 1. The summed E-state index contributed by atoms with van der Waals surface area (Å²) < 4.78 is 6.46. The number of fused-ring (bicyclic) bond motifs is 2. The van der Waals surface area contributed by atoms with E-state index >= 15 is 0 Å². The largest absolute Gasteiger partial charge is 0.370 e. The van der Waals surface area contributed by atoms with Gasteiger partial charge >= 0.3 is 0 Å². The van der Waals surface area contributed by atoms with Crippen molar-refractivity contribution in [1.29, 1.82) is 0 Å². The lowest BCUT2D eigenvalue weighted by Crippen LogP contribution is -2.63. The van der Waals surface area contributed by atoms with Gasteiger partial charge in [0.1, 0.15) is 5.60 Å². The van der Waals surface area contributed by atoms with Gasteiger partial charge in [0.05, 0.1) is 31.7 Å². The van der Waals surface area contributed by atoms with E-state index in [-0.39, 0.29) is 17.1 Å². The molecule has 172 valence electrons. The number of hydrogen-bond acceptors (Lipinski definition) is 6. The molecule has 5 aliphatic rings. The predicted molar refractivity (Wildman–Crippen MR) is 122 cm³/mol. The number of rotatable bonds is 1. The Morgan fingerprint density at radius 2 is 1.94 bits per heavy atom. The average Bonchev–Trinajstić information content (AvgIpc) is 3.33. The highest BCUT2D eigenvalue weighted by Crippen LogP contribution is 2.58. The van der Waals surface area contributed by atoms with E-state index in [4.69, 9.17) is 4.74 Å². The van der Waals surface area contributed by atoms with Crippen LogP contribution in [0, 0.1) is 24.7 Å². The standard InChI is InChI=1S/C26H30N4O3/c1-15-5-6-17(7-16(15)2)23(32)30-12-25(13-30)11-26(14-33-25)18-10-27-29-22(18)28-19-8-24(3,4)9-20(31)21(19)26/h5-7,28H,8-14H2,1-4H3/t26-/m1/s1. The molecule has 1 atom stereocenters. The van der Waals surface area contributed by atoms with Crippen molar-refractivity contribution in [3.05, 3.63) is 57.6 Å². The second-order valence-corrected chi connectivity index (χ2v) is 11.3. The number of nitrogens with zero attached hydrogens (tertiary/aromatic N) is 3. The number of carbonyl (C=O) groups is 2. The first-order chi connectivity index (χ1) is 15.6. The number of nitrogens with one attached hydrogen (secondary N) is 1. The highest BCUT2D eigenvalue weighted by Gasteiger charge is 2.63. The third kappa shape index (κ3) is 2.98. The van der Waals surface area contributed by atoms with Crippen LogP contribution in [0.25, 0.3) is 0 Å². The number of aryl methyl sites for hydroxylation is 2. The Kier molecular flexibility index (Phi) is 4.17. The van der Waals surface area contributed by atoms with Gasteiger partial charge in [-0.3, -0.25) is 9.59 Å². The third-order valence-corrected chi connectivity index (χ3v) is 8.13. The van der Waals surface area contributed by atoms with E-state index in [1.807, 2.05) is 36.9 Å². The molecule has 7 nitrogen and oxygen atoms in total. The van der Waals surface area contributed by atoms with Gasteiger partial charge in [-0.15, -0.1) is 5.11 Å². The fourth-order valence-electron chi connectivity index (χ4n) is 6.40. The maximum absolute atomic E-state index is 13.4. The van der Waals surface area contributed by atoms with Crippen LogP contribution in [0.2, 0.25) is 0 Å². The summed E-state index contributed by atoms with van der Waals surface area (Å²) in [6.45, 7) is 10.4. The van der Waals surface area contributed by atoms with Crippen LogP contribution in [0.3, 0.4) is 0 Å². The molecule has 2 fully saturated rings. The fourth-order valence-corrected chi connectivity index (χ4v) is 6.40. The van der Waals surface area contributed by atoms with E-state index in [1.165, 1.54) is 5.56 Å². The lowest BCUT2D eigenvalue weighted by atomic mass is 9.61. The van der Waals surface area contributed by atoms with Crippen molar-refractivity contribution in [3.63, 3.8) is 0 Å². The van der Waals surface area contributed by atoms with Gasteiger partial charge in [-0.05, 0) is 55.4 Å². The second-order valence-electron chi connectivity index (χ2n) is 11.3. The molecule has 1 aromatic carbocycles. The minimum Gasteiger partial charge on any atom is -0.370 e. The molecule has 0 aromatic heterocycles. The molecule has 2 saturated heterocycles. The number of amides is 1. The van der Waals surface area contributed by atoms with E-state index in [0.29, 0.717) is 39.1 Å². The smallest absolute Gasteiger partial charge is 0.254 e. The van der Waals surface area contributed by atoms with Gasteiger partial charge in [-0.2, -0.15) is 5.11 Å². The van der Waals surface area contributed by atoms with Crippen LogP contribution in [0.5, 0.6) is 0 Å². The number of ketones is 1. The Bertz CT molecular complexity index is 1200. The van der Waals surface area contributed by atoms with Crippen molar-refractivity contribution in [2.45, 2.75) is 52.6 Å². The zero-order valence-corrected chi connectivity index (χ0v) is 19.7. The highest BCUT2D eigenvalue weighted by atomic mass is 16.5. The third-order valence-electron chi connectivity index (χ3n) is 8.13. The van der Waals surface area contributed by atoms with Gasteiger partial charge in [-0.1, -0.05) is 19.9 Å². The molecule has 4 aliphatic heterocycles. The van der Waals surface area contributed by atoms with Gasteiger partial charge in [0.2, 0.25) is 0 Å². The Morgan fingerprint density at radius 3 is 2.70 bits per heavy atom. The Hall–Kier alpha value is -2.80. The molecule has 0 saturated carbocycles. The van der Waals surface area contributed by atoms with Gasteiger partial charge in [0, 0.05) is 28.8 Å². The van der Waals surface area contributed by atoms with Crippen LogP contribution >= 0.6 is 0 Å². The summed E-state index contributed by atoms with van der Waals surface area (Å²) in [5.74, 6) is 1.04. The van der Waals surface area contributed by atoms with Crippen molar-refractivity contribution in [3.8, 4) is 0 Å². The van der Waals surface area contributed by atoms with Crippen molar-refractivity contribution in [1.82, 2.24) is 10.2 Å². The van der Waals surface area contributed by atoms with E-state index in [2.05, 4.69) is 29.4 Å². The molecule has 0 radical (unpaired) electrons. The molecule has 6 rings (SSSR count). The van der Waals surface area contributed by atoms with Gasteiger partial charge in [-0.25, -0.2) is 0 Å². The van der Waals surface area contributed by atoms with E-state index in [9.17, 15) is 9.59 Å². The molecule has 1 N–H and O–H groups in total. The monoisotopic (exact) mass is 446 g/mol. The minimum atomic E-state index is -0.484. The summed E-state index contributed by atoms with van der Waals surface area (Å²) in [6.07, 6.45) is 2.05. The number of hydrogen-bond donors (Lipinski definition) is 1. The van der Waals surface area contributed by atoms with Crippen LogP contribution < -0.4 is 5.32 Å². The van der Waals surface area contributed by atoms with Crippen LogP contribution in [0.15, 0.2) is 51.1 Å². The normalized spacial score (nSPS) is 28.8. The summed E-state index contributed by atoms with van der Waals surface area (Å²) in [4.78, 5) is 28.4. The fraction of sp³-hybridized carbons (Fsp3) is 0.538. The van der Waals surface area contributed by atoms with E-state index in [1.54, 1.807) is 0 Å². The number of benzene rings is 1. The first-order valence-corrected chi connectivity index (χ1v) is 11.8. The molecular weight excluding hydrogens is 416 g/mol. The Morgan fingerprint density at radius 1 is 1.15 bits per heavy atom. The van der Waals surface area contributed by atoms with Crippen molar-refractivity contribution in [2.24, 2.45) is 21.1 Å². The molecule has 1 aromatic rings. The minimum absolute atomic E-state index is 0.0414. The predicted octanol–water partition coefficient (Wildman–Crippen LogP) is 3.83. The van der Waals surface area contributed by atoms with Crippen LogP contribution in [-0.4, -0.2) is 48.4 Å². The first-order valence-electron chi connectivity index (χ1n) is 11.8. The quantitative estimate of drug-likeness (QED) is 0.711. The SMILES string of the molecule is Cc1ccc(C(=O)N2CC3(C2)C[C@@]2(CO3)C3=C(N=NC3)NC3=C2C(=O)CC(C)(C)C3)cc1C. The zero-order chi connectivity index (χ0) is 23.2. The number of allylic oxidation sites excluding steroid dienone is 1. The van der Waals surface area contributed by atoms with Gasteiger partial charge < -0.3 is 15.0 Å². The number of dihydropyridines is 1. The first kappa shape index (κ1) is 20.8. The molecular formula is C26H30N4O3. The van der Waals surface area contributed by atoms with Crippen molar-refractivity contribution < 1.29 is 14.3 Å². The van der Waals surface area contributed by atoms with Gasteiger partial charge in [0.25, 0.3) is 5.91 Å². The van der Waals surface area contributed by atoms with Crippen molar-refractivity contribution in [2.75, 3.05) is 26.2 Å². The summed E-state index contributed by atoms with van der Waals surface area (Å²) in [7, 11) is 0. The van der Waals surface area contributed by atoms with E-state index in [0.717, 1.165) is 40.2 Å². The number of carbonyl (C=O) groups excluding carboxylic acids is 2. The van der Waals surface area contributed by atoms with Crippen LogP contribution in [0.4, 0.5) is 0 Å². The van der Waals surface area contributed by atoms with Crippen LogP contribution in [0.1, 0.15) is 54.6 Å². The van der Waals surface area contributed by atoms with Crippen molar-refractivity contribution >= 4 is 11.7 Å². The summed E-state index contributed by atoms with van der Waals surface area (Å²) in [5, 5.41) is 12.1. The Balaban J connectivity index is 1.28. The summed E-state index contributed by atoms with van der Waals surface area (Å²) in [6, 6.07) is 5.86. The molecule has 2 spiro atoms. The van der Waals surface area contributed by atoms with E-state index < -0.39 is 11.0 Å². The molecule has 0 bridgehead atoms. The van der Waals surface area contributed by atoms with Crippen LogP contribution in [-0.2, 0) is 9.53 Å². The van der Waals surface area contributed by atoms with Gasteiger partial charge in [0.15, 0.2) is 11.6 Å². The lowest BCUT2D eigenvalue weighted by molar-refractivity contribution is -0.119. The molecule has 1 aliphatic carbocycles. The summed E-state index contributed by atoms with van der Waals surface area (Å²) >= 11 is 0. The second kappa shape index (κ2) is 6.63. The average molecular weight is 447 g/mol. The molecule has 33 heavy (non-hydrogen) atoms. The summed E-state index contributed by atoms with van der Waals surface area (Å²) in [5.41, 5.74) is 4.97. The highest BCUT2D eigenvalue weighted by molar-refractivity contribution is 6.00. The number of Topliss-reactive ketones (excluding diaryl/α,β-unsaturated/α-hetero) is 1. The Labute approximate surface area is 194 Å². The maximum atomic E-state index is 13.4. The maximum Gasteiger partial charge on any atom is 0.254 e. The lowest BCUT2D eigenvalue weighted by Gasteiger charge is -2.48. The topological polar surface area (TPSA) is 83.4 Å². The molecule has 7 heteroatoms. The molecule has 0 unspecified atom stereocenters. The molecule has 1 amide bonds. The number of likely N-dealkylation sites (tertiary alicyclic amines) is 1. The zero-order valence-electron chi connectivity index (χ0n) is 19.7. The molecule has 4 heterocycles.